The van der Waals surface area contributed by atoms with Gasteiger partial charge in [-0.3, -0.25) is 0 Å². The van der Waals surface area contributed by atoms with Crippen LogP contribution in [0.1, 0.15) is 25.3 Å². The molecule has 0 saturated carbocycles. The van der Waals surface area contributed by atoms with E-state index in [0.717, 1.165) is 11.1 Å². The molecule has 9 heteroatoms. The third-order valence-corrected chi connectivity index (χ3v) is 6.33. The van der Waals surface area contributed by atoms with Gasteiger partial charge in [0.2, 0.25) is 11.8 Å². The largest absolute Gasteiger partial charge is 0.508 e. The lowest BCUT2D eigenvalue weighted by atomic mass is 9.95. The summed E-state index contributed by atoms with van der Waals surface area (Å²) in [6.07, 6.45) is 0. The zero-order valence-electron chi connectivity index (χ0n) is 18.4. The minimum Gasteiger partial charge on any atom is -0.508 e. The molecule has 4 aromatic rings. The van der Waals surface area contributed by atoms with Crippen molar-refractivity contribution in [1.82, 2.24) is 9.97 Å². The van der Waals surface area contributed by atoms with Crippen molar-refractivity contribution in [2.24, 2.45) is 0 Å². The number of phenols is 1. The highest BCUT2D eigenvalue weighted by Gasteiger charge is 2.19. The fraction of sp³-hybridized carbons (Fsp3) is 0.120. The molecule has 0 bridgehead atoms. The second-order valence-corrected chi connectivity index (χ2v) is 9.47. The van der Waals surface area contributed by atoms with E-state index in [4.69, 9.17) is 4.74 Å². The number of sulfonamides is 1. The summed E-state index contributed by atoms with van der Waals surface area (Å²) in [5, 5.41) is 9.46. The van der Waals surface area contributed by atoms with Crippen LogP contribution in [-0.4, -0.2) is 23.5 Å². The lowest BCUT2D eigenvalue weighted by molar-refractivity contribution is 0.427. The molecule has 1 aromatic heterocycles. The number of nitrogens with zero attached hydrogens (tertiary/aromatic N) is 2. The fourth-order valence-corrected chi connectivity index (χ4v) is 4.28. The van der Waals surface area contributed by atoms with Gasteiger partial charge in [0.25, 0.3) is 10.0 Å². The van der Waals surface area contributed by atoms with Crippen LogP contribution in [0.25, 0.3) is 11.3 Å². The zero-order chi connectivity index (χ0) is 24.3. The minimum absolute atomic E-state index is 0.0305. The molecule has 0 radical (unpaired) electrons. The van der Waals surface area contributed by atoms with E-state index in [0.29, 0.717) is 5.69 Å². The van der Waals surface area contributed by atoms with E-state index in [2.05, 4.69) is 14.7 Å². The Balaban J connectivity index is 1.80. The van der Waals surface area contributed by atoms with Gasteiger partial charge >= 0.3 is 0 Å². The van der Waals surface area contributed by atoms with E-state index in [9.17, 15) is 17.9 Å². The van der Waals surface area contributed by atoms with E-state index >= 15 is 0 Å². The maximum absolute atomic E-state index is 14.2. The van der Waals surface area contributed by atoms with Crippen LogP contribution < -0.4 is 9.46 Å². The van der Waals surface area contributed by atoms with Gasteiger partial charge in [0.15, 0.2) is 11.6 Å². The molecule has 3 aromatic carbocycles. The third kappa shape index (κ3) is 5.15. The minimum atomic E-state index is -4.07. The van der Waals surface area contributed by atoms with Gasteiger partial charge in [-0.15, -0.1) is 0 Å². The van der Waals surface area contributed by atoms with Crippen LogP contribution in [0.2, 0.25) is 0 Å². The Morgan fingerprint density at radius 2 is 1.62 bits per heavy atom. The highest BCUT2D eigenvalue weighted by molar-refractivity contribution is 7.92. The molecule has 4 rings (SSSR count). The smallest absolute Gasteiger partial charge is 0.264 e. The summed E-state index contributed by atoms with van der Waals surface area (Å²) < 4.78 is 48.0. The number of hydrogen-bond donors (Lipinski definition) is 2. The molecule has 0 aliphatic heterocycles. The number of aromatic hydroxyl groups is 1. The average Bonchev–Trinajstić information content (AvgIpc) is 2.80. The van der Waals surface area contributed by atoms with Gasteiger partial charge in [0.1, 0.15) is 5.75 Å². The van der Waals surface area contributed by atoms with Crippen LogP contribution in [0.15, 0.2) is 83.8 Å². The number of anilines is 1. The molecule has 0 amide bonds. The summed E-state index contributed by atoms with van der Waals surface area (Å²) in [6, 6.07) is 20.0. The molecule has 0 atom stereocenters. The van der Waals surface area contributed by atoms with Gasteiger partial charge in [-0.2, -0.15) is 4.98 Å². The number of rotatable bonds is 7. The number of nitrogens with one attached hydrogen (secondary N) is 1. The second kappa shape index (κ2) is 9.48. The Hall–Kier alpha value is -3.98. The first-order valence-corrected chi connectivity index (χ1v) is 11.9. The van der Waals surface area contributed by atoms with E-state index in [1.54, 1.807) is 6.07 Å². The summed E-state index contributed by atoms with van der Waals surface area (Å²) in [7, 11) is -4.07. The van der Waals surface area contributed by atoms with Crippen LogP contribution in [0, 0.1) is 5.82 Å². The molecule has 0 unspecified atom stereocenters. The Bertz CT molecular complexity index is 1420. The predicted molar refractivity (Wildman–Crippen MR) is 127 cm³/mol. The Morgan fingerprint density at radius 1 is 0.941 bits per heavy atom. The number of ether oxygens (including phenoxy) is 1. The third-order valence-electron chi connectivity index (χ3n) is 4.99. The SMILES string of the molecule is CC(C)c1ccccc1-c1cc(Oc2ccccc2F)nc(NS(=O)(=O)c2ccc(O)cc2)n1. The highest BCUT2D eigenvalue weighted by atomic mass is 32.2. The van der Waals surface area contributed by atoms with E-state index in [1.807, 2.05) is 38.1 Å². The van der Waals surface area contributed by atoms with Gasteiger partial charge in [-0.25, -0.2) is 22.5 Å². The number of hydrogen-bond acceptors (Lipinski definition) is 6. The number of aromatic nitrogens is 2. The topological polar surface area (TPSA) is 101 Å². The normalized spacial score (nSPS) is 11.4. The van der Waals surface area contributed by atoms with Gasteiger partial charge in [-0.1, -0.05) is 50.2 Å². The van der Waals surface area contributed by atoms with Crippen LogP contribution in [0.3, 0.4) is 0 Å². The molecule has 34 heavy (non-hydrogen) atoms. The van der Waals surface area contributed by atoms with Gasteiger partial charge in [0, 0.05) is 11.6 Å². The Labute approximate surface area is 197 Å². The van der Waals surface area contributed by atoms with Crippen LogP contribution in [-0.2, 0) is 10.0 Å². The molecule has 0 aliphatic carbocycles. The predicted octanol–water partition coefficient (Wildman–Crippen LogP) is 5.70. The van der Waals surface area contributed by atoms with E-state index in [1.165, 1.54) is 48.5 Å². The lowest BCUT2D eigenvalue weighted by Crippen LogP contribution is -2.15. The van der Waals surface area contributed by atoms with Crippen molar-refractivity contribution in [3.63, 3.8) is 0 Å². The average molecular weight is 480 g/mol. The molecule has 0 aliphatic rings. The highest BCUT2D eigenvalue weighted by Crippen LogP contribution is 2.32. The summed E-state index contributed by atoms with van der Waals surface area (Å²) in [6.45, 7) is 4.07. The van der Waals surface area contributed by atoms with Crippen molar-refractivity contribution in [2.45, 2.75) is 24.7 Å². The van der Waals surface area contributed by atoms with Gasteiger partial charge in [-0.05, 0) is 47.9 Å². The second-order valence-electron chi connectivity index (χ2n) is 7.79. The van der Waals surface area contributed by atoms with Crippen molar-refractivity contribution >= 4 is 16.0 Å². The molecule has 2 N–H and O–H groups in total. The van der Waals surface area contributed by atoms with E-state index < -0.39 is 15.8 Å². The first kappa shape index (κ1) is 23.2. The maximum atomic E-state index is 14.2. The van der Waals surface area contributed by atoms with Crippen LogP contribution in [0.5, 0.6) is 17.4 Å². The summed E-state index contributed by atoms with van der Waals surface area (Å²) in [4.78, 5) is 8.49. The Morgan fingerprint density at radius 3 is 2.32 bits per heavy atom. The van der Waals surface area contributed by atoms with Gasteiger partial charge < -0.3 is 9.84 Å². The molecule has 7 nitrogen and oxygen atoms in total. The first-order valence-electron chi connectivity index (χ1n) is 10.5. The quantitative estimate of drug-likeness (QED) is 0.352. The maximum Gasteiger partial charge on any atom is 0.264 e. The molecule has 0 saturated heterocycles. The lowest BCUT2D eigenvalue weighted by Gasteiger charge is -2.15. The number of benzene rings is 3. The van der Waals surface area contributed by atoms with E-state index in [-0.39, 0.29) is 34.1 Å². The Kier molecular flexibility index (Phi) is 6.47. The number of para-hydroxylation sites is 1. The van der Waals surface area contributed by atoms with Crippen molar-refractivity contribution in [3.8, 4) is 28.6 Å². The zero-order valence-corrected chi connectivity index (χ0v) is 19.3. The van der Waals surface area contributed by atoms with Crippen LogP contribution >= 0.6 is 0 Å². The van der Waals surface area contributed by atoms with Crippen molar-refractivity contribution in [3.05, 3.63) is 90.2 Å². The standard InChI is InChI=1S/C25H22FN3O4S/c1-16(2)19-7-3-4-8-20(19)22-15-24(33-23-10-6-5-9-21(23)26)28-25(27-22)29-34(31,32)18-13-11-17(30)12-14-18/h3-16,30H,1-2H3,(H,27,28,29). The monoisotopic (exact) mass is 479 g/mol. The summed E-state index contributed by atoms with van der Waals surface area (Å²) in [5.74, 6) is -0.817. The molecule has 0 spiro atoms. The molecular formula is C25H22FN3O4S. The molecule has 174 valence electrons. The van der Waals surface area contributed by atoms with Crippen LogP contribution in [0.4, 0.5) is 10.3 Å². The van der Waals surface area contributed by atoms with Crippen molar-refractivity contribution < 1.29 is 22.7 Å². The van der Waals surface area contributed by atoms with Gasteiger partial charge in [0.05, 0.1) is 10.6 Å². The number of phenolic OH excluding ortho intramolecular Hbond substituents is 1. The molecule has 0 fully saturated rings. The van der Waals surface area contributed by atoms with Crippen molar-refractivity contribution in [1.29, 1.82) is 0 Å². The number of halogens is 1. The summed E-state index contributed by atoms with van der Waals surface area (Å²) in [5.41, 5.74) is 2.17. The fourth-order valence-electron chi connectivity index (χ4n) is 3.34. The molecular weight excluding hydrogens is 457 g/mol. The summed E-state index contributed by atoms with van der Waals surface area (Å²) >= 11 is 0. The first-order chi connectivity index (χ1) is 16.2. The van der Waals surface area contributed by atoms with Crippen molar-refractivity contribution in [2.75, 3.05) is 4.72 Å². The molecule has 1 heterocycles.